The average Bonchev–Trinajstić information content (AvgIpc) is 1.92. The standard InChI is InChI=1S/C7H10F6O2/c8-6(9,10)3-5(14)1-2-15-4-7(11,12)13/h5,14H,1-4H2. The maximum Gasteiger partial charge on any atom is 0.411 e. The molecule has 0 spiro atoms. The van der Waals surface area contributed by atoms with Gasteiger partial charge in [0.1, 0.15) is 6.61 Å². The van der Waals surface area contributed by atoms with Gasteiger partial charge in [0, 0.05) is 6.61 Å². The van der Waals surface area contributed by atoms with Crippen LogP contribution in [0.15, 0.2) is 0 Å². The van der Waals surface area contributed by atoms with Gasteiger partial charge < -0.3 is 9.84 Å². The third-order valence-corrected chi connectivity index (χ3v) is 1.33. The fourth-order valence-electron chi connectivity index (χ4n) is 0.777. The molecule has 0 rings (SSSR count). The number of rotatable bonds is 5. The van der Waals surface area contributed by atoms with Crippen LogP contribution in [0.2, 0.25) is 0 Å². The van der Waals surface area contributed by atoms with Crippen LogP contribution in [-0.2, 0) is 4.74 Å². The first-order valence-corrected chi connectivity index (χ1v) is 3.99. The van der Waals surface area contributed by atoms with Crippen LogP contribution in [0.5, 0.6) is 0 Å². The van der Waals surface area contributed by atoms with Crippen molar-refractivity contribution in [3.63, 3.8) is 0 Å². The van der Waals surface area contributed by atoms with Gasteiger partial charge in [0.05, 0.1) is 12.5 Å². The highest BCUT2D eigenvalue weighted by Crippen LogP contribution is 2.22. The molecule has 0 aliphatic carbocycles. The van der Waals surface area contributed by atoms with Crippen LogP contribution >= 0.6 is 0 Å². The minimum absolute atomic E-state index is 0.477. The summed E-state index contributed by atoms with van der Waals surface area (Å²) in [6.45, 7) is -2.08. The summed E-state index contributed by atoms with van der Waals surface area (Å²) >= 11 is 0. The quantitative estimate of drug-likeness (QED) is 0.590. The molecule has 0 bridgehead atoms. The van der Waals surface area contributed by atoms with Crippen molar-refractivity contribution >= 4 is 0 Å². The molecule has 0 aromatic heterocycles. The molecule has 0 fully saturated rings. The van der Waals surface area contributed by atoms with Crippen molar-refractivity contribution in [2.24, 2.45) is 0 Å². The summed E-state index contributed by atoms with van der Waals surface area (Å²) in [4.78, 5) is 0. The SMILES string of the molecule is OC(CCOCC(F)(F)F)CC(F)(F)F. The summed E-state index contributed by atoms with van der Waals surface area (Å²) in [7, 11) is 0. The molecule has 0 saturated carbocycles. The highest BCUT2D eigenvalue weighted by molar-refractivity contribution is 4.61. The molecule has 2 nitrogen and oxygen atoms in total. The Morgan fingerprint density at radius 1 is 1.00 bits per heavy atom. The van der Waals surface area contributed by atoms with Crippen LogP contribution in [0.25, 0.3) is 0 Å². The van der Waals surface area contributed by atoms with Gasteiger partial charge >= 0.3 is 12.4 Å². The van der Waals surface area contributed by atoms with Crippen molar-refractivity contribution in [2.75, 3.05) is 13.2 Å². The van der Waals surface area contributed by atoms with E-state index in [4.69, 9.17) is 5.11 Å². The van der Waals surface area contributed by atoms with Crippen molar-refractivity contribution in [1.29, 1.82) is 0 Å². The molecule has 0 aromatic carbocycles. The van der Waals surface area contributed by atoms with Gasteiger partial charge in [-0.2, -0.15) is 26.3 Å². The van der Waals surface area contributed by atoms with E-state index in [0.717, 1.165) is 0 Å². The van der Waals surface area contributed by atoms with Crippen LogP contribution in [0, 0.1) is 0 Å². The molecule has 0 aliphatic rings. The van der Waals surface area contributed by atoms with Crippen molar-refractivity contribution in [2.45, 2.75) is 31.3 Å². The minimum Gasteiger partial charge on any atom is -0.393 e. The summed E-state index contributed by atoms with van der Waals surface area (Å²) in [6, 6.07) is 0. The Labute approximate surface area is 81.8 Å². The van der Waals surface area contributed by atoms with Gasteiger partial charge in [0.25, 0.3) is 0 Å². The Morgan fingerprint density at radius 3 is 1.93 bits per heavy atom. The highest BCUT2D eigenvalue weighted by atomic mass is 19.4. The topological polar surface area (TPSA) is 29.5 Å². The second-order valence-electron chi connectivity index (χ2n) is 2.93. The third-order valence-electron chi connectivity index (χ3n) is 1.33. The molecular formula is C7H10F6O2. The van der Waals surface area contributed by atoms with Gasteiger partial charge in [0.15, 0.2) is 0 Å². The highest BCUT2D eigenvalue weighted by Gasteiger charge is 2.31. The van der Waals surface area contributed by atoms with E-state index in [-0.39, 0.29) is 0 Å². The Bertz CT molecular complexity index is 175. The number of hydrogen-bond donors (Lipinski definition) is 1. The summed E-state index contributed by atoms with van der Waals surface area (Å²) in [5, 5.41) is 8.73. The number of ether oxygens (including phenoxy) is 1. The van der Waals surface area contributed by atoms with Crippen LogP contribution in [0.3, 0.4) is 0 Å². The molecule has 1 atom stereocenters. The number of aliphatic hydroxyl groups excluding tert-OH is 1. The second kappa shape index (κ2) is 5.55. The molecule has 0 saturated heterocycles. The Kier molecular flexibility index (Phi) is 5.36. The van der Waals surface area contributed by atoms with Gasteiger partial charge in [-0.1, -0.05) is 0 Å². The minimum atomic E-state index is -4.52. The fraction of sp³-hybridized carbons (Fsp3) is 1.00. The largest absolute Gasteiger partial charge is 0.411 e. The fourth-order valence-corrected chi connectivity index (χ4v) is 0.777. The predicted octanol–water partition coefficient (Wildman–Crippen LogP) is 2.27. The van der Waals surface area contributed by atoms with E-state index >= 15 is 0 Å². The maximum atomic E-state index is 11.6. The first kappa shape index (κ1) is 14.5. The predicted molar refractivity (Wildman–Crippen MR) is 38.2 cm³/mol. The van der Waals surface area contributed by atoms with Crippen molar-refractivity contribution in [3.05, 3.63) is 0 Å². The smallest absolute Gasteiger partial charge is 0.393 e. The maximum absolute atomic E-state index is 11.6. The summed E-state index contributed by atoms with van der Waals surface area (Å²) in [6.07, 6.45) is -12.7. The monoisotopic (exact) mass is 240 g/mol. The third kappa shape index (κ3) is 11.4. The molecule has 0 radical (unpaired) electrons. The van der Waals surface area contributed by atoms with Gasteiger partial charge in [-0.15, -0.1) is 0 Å². The molecule has 15 heavy (non-hydrogen) atoms. The van der Waals surface area contributed by atoms with E-state index in [2.05, 4.69) is 4.74 Å². The Morgan fingerprint density at radius 2 is 1.53 bits per heavy atom. The van der Waals surface area contributed by atoms with Crippen LogP contribution in [0.1, 0.15) is 12.8 Å². The number of aliphatic hydroxyl groups is 1. The Balaban J connectivity index is 3.52. The van der Waals surface area contributed by atoms with E-state index in [0.29, 0.717) is 0 Å². The van der Waals surface area contributed by atoms with E-state index in [1.165, 1.54) is 0 Å². The second-order valence-corrected chi connectivity index (χ2v) is 2.93. The lowest BCUT2D eigenvalue weighted by molar-refractivity contribution is -0.179. The Hall–Kier alpha value is -0.500. The zero-order valence-electron chi connectivity index (χ0n) is 7.53. The number of halogens is 6. The molecule has 0 aliphatic heterocycles. The number of alkyl halides is 6. The zero-order valence-corrected chi connectivity index (χ0v) is 7.53. The van der Waals surface area contributed by atoms with E-state index in [1.54, 1.807) is 0 Å². The lowest BCUT2D eigenvalue weighted by Crippen LogP contribution is -2.22. The molecule has 0 aromatic rings. The zero-order chi connectivity index (χ0) is 12.1. The molecule has 8 heteroatoms. The summed E-state index contributed by atoms with van der Waals surface area (Å²) < 4.78 is 73.4. The van der Waals surface area contributed by atoms with E-state index < -0.39 is 44.5 Å². The van der Waals surface area contributed by atoms with Crippen molar-refractivity contribution in [3.8, 4) is 0 Å². The summed E-state index contributed by atoms with van der Waals surface area (Å²) in [5.74, 6) is 0. The molecular weight excluding hydrogens is 230 g/mol. The summed E-state index contributed by atoms with van der Waals surface area (Å²) in [5.41, 5.74) is 0. The molecule has 1 unspecified atom stereocenters. The average molecular weight is 240 g/mol. The van der Waals surface area contributed by atoms with Gasteiger partial charge in [-0.3, -0.25) is 0 Å². The van der Waals surface area contributed by atoms with E-state index in [9.17, 15) is 26.3 Å². The number of hydrogen-bond acceptors (Lipinski definition) is 2. The first-order valence-electron chi connectivity index (χ1n) is 3.99. The van der Waals surface area contributed by atoms with Crippen LogP contribution < -0.4 is 0 Å². The van der Waals surface area contributed by atoms with E-state index in [1.807, 2.05) is 0 Å². The van der Waals surface area contributed by atoms with Gasteiger partial charge in [-0.25, -0.2) is 0 Å². The normalized spacial score (nSPS) is 15.4. The molecule has 0 amide bonds. The van der Waals surface area contributed by atoms with Crippen LogP contribution in [0.4, 0.5) is 26.3 Å². The molecule has 92 valence electrons. The van der Waals surface area contributed by atoms with Gasteiger partial charge in [0.2, 0.25) is 0 Å². The lowest BCUT2D eigenvalue weighted by Gasteiger charge is -2.13. The first-order chi connectivity index (χ1) is 6.60. The van der Waals surface area contributed by atoms with Crippen molar-refractivity contribution < 1.29 is 36.2 Å². The van der Waals surface area contributed by atoms with Crippen molar-refractivity contribution in [1.82, 2.24) is 0 Å². The van der Waals surface area contributed by atoms with Gasteiger partial charge in [-0.05, 0) is 6.42 Å². The van der Waals surface area contributed by atoms with Crippen LogP contribution in [-0.4, -0.2) is 36.8 Å². The molecule has 1 N–H and O–H groups in total. The lowest BCUT2D eigenvalue weighted by atomic mass is 10.2. The molecule has 0 heterocycles.